The van der Waals surface area contributed by atoms with E-state index in [0.717, 1.165) is 0 Å². The molecule has 1 fully saturated rings. The van der Waals surface area contributed by atoms with Crippen LogP contribution in [0.3, 0.4) is 0 Å². The summed E-state index contributed by atoms with van der Waals surface area (Å²) in [4.78, 5) is 39.7. The van der Waals surface area contributed by atoms with Gasteiger partial charge in [0.15, 0.2) is 11.6 Å². The number of carbonyl (C=O) groups is 3. The summed E-state index contributed by atoms with van der Waals surface area (Å²) in [6.07, 6.45) is -1.39. The van der Waals surface area contributed by atoms with Gasteiger partial charge in [0.1, 0.15) is 18.1 Å². The van der Waals surface area contributed by atoms with Crippen LogP contribution in [-0.4, -0.2) is 47.2 Å². The van der Waals surface area contributed by atoms with Crippen molar-refractivity contribution in [2.75, 3.05) is 11.9 Å². The maximum absolute atomic E-state index is 13.5. The predicted molar refractivity (Wildman–Crippen MR) is 152 cm³/mol. The van der Waals surface area contributed by atoms with Gasteiger partial charge in [-0.1, -0.05) is 72.8 Å². The molecule has 2 atom stereocenters. The highest BCUT2D eigenvalue weighted by Gasteiger charge is 2.53. The summed E-state index contributed by atoms with van der Waals surface area (Å²) in [5.41, 5.74) is 0.310. The van der Waals surface area contributed by atoms with E-state index in [1.54, 1.807) is 36.4 Å². The summed E-state index contributed by atoms with van der Waals surface area (Å²) in [5.74, 6) is -1.94. The minimum Gasteiger partial charge on any atom is -0.507 e. The first kappa shape index (κ1) is 26.0. The van der Waals surface area contributed by atoms with Gasteiger partial charge in [0.05, 0.1) is 22.8 Å². The first-order valence-corrected chi connectivity index (χ1v) is 13.5. The lowest BCUT2D eigenvalue weighted by atomic mass is 9.68. The topological polar surface area (TPSA) is 131 Å². The zero-order valence-electron chi connectivity index (χ0n) is 22.2. The maximum atomic E-state index is 13.5. The molecule has 1 aliphatic heterocycles. The van der Waals surface area contributed by atoms with E-state index < -0.39 is 48.0 Å². The number of amides is 1. The lowest BCUT2D eigenvalue weighted by Crippen LogP contribution is -2.58. The van der Waals surface area contributed by atoms with Crippen molar-refractivity contribution in [1.82, 2.24) is 0 Å². The number of fused-ring (bicyclic) bond motifs is 6. The number of nitrogens with one attached hydrogen (secondary N) is 1. The van der Waals surface area contributed by atoms with E-state index in [-0.39, 0.29) is 52.8 Å². The Bertz CT molecular complexity index is 1760. The van der Waals surface area contributed by atoms with Gasteiger partial charge in [-0.3, -0.25) is 14.9 Å². The van der Waals surface area contributed by atoms with Crippen LogP contribution in [0.5, 0.6) is 11.5 Å². The average Bonchev–Trinajstić information content (AvgIpc) is 3.01. The van der Waals surface area contributed by atoms with E-state index in [1.807, 2.05) is 36.4 Å². The summed E-state index contributed by atoms with van der Waals surface area (Å²) in [6, 6.07) is 24.3. The molecule has 9 nitrogen and oxygen atoms in total. The molecule has 1 saturated heterocycles. The molecule has 2 aliphatic carbocycles. The third kappa shape index (κ3) is 4.15. The van der Waals surface area contributed by atoms with Crippen LogP contribution in [0.25, 0.3) is 0 Å². The van der Waals surface area contributed by atoms with Crippen LogP contribution in [0.2, 0.25) is 0 Å². The normalized spacial score (nSPS) is 20.3. The van der Waals surface area contributed by atoms with Crippen molar-refractivity contribution >= 4 is 35.9 Å². The summed E-state index contributed by atoms with van der Waals surface area (Å²) >= 11 is 0. The first-order valence-electron chi connectivity index (χ1n) is 13.5. The quantitative estimate of drug-likeness (QED) is 0.219. The van der Waals surface area contributed by atoms with Gasteiger partial charge < -0.3 is 24.3 Å². The number of carbonyl (C=O) groups excluding carboxylic acids is 3. The molecule has 42 heavy (non-hydrogen) atoms. The van der Waals surface area contributed by atoms with Crippen molar-refractivity contribution in [1.29, 1.82) is 0 Å². The molecule has 4 aromatic rings. The van der Waals surface area contributed by atoms with Crippen molar-refractivity contribution in [3.05, 3.63) is 118 Å². The Morgan fingerprint density at radius 2 is 1.48 bits per heavy atom. The van der Waals surface area contributed by atoms with Gasteiger partial charge in [0.25, 0.3) is 0 Å². The van der Waals surface area contributed by atoms with E-state index in [9.17, 15) is 24.6 Å². The van der Waals surface area contributed by atoms with Gasteiger partial charge in [-0.25, -0.2) is 4.79 Å². The predicted octanol–water partition coefficient (Wildman–Crippen LogP) is 4.29. The molecule has 0 radical (unpaired) electrons. The fraction of sp³-hybridized carbons (Fsp3) is 0.156. The molecule has 4 aromatic carbocycles. The van der Waals surface area contributed by atoms with Crippen LogP contribution < -0.4 is 10.8 Å². The maximum Gasteiger partial charge on any atom is 0.494 e. The number of anilines is 1. The number of aromatic hydroxyl groups is 2. The molecule has 208 valence electrons. The molecule has 10 heteroatoms. The van der Waals surface area contributed by atoms with Crippen molar-refractivity contribution in [3.8, 4) is 11.5 Å². The highest BCUT2D eigenvalue weighted by Crippen LogP contribution is 2.53. The molecular weight excluding hydrogens is 537 g/mol. The highest BCUT2D eigenvalue weighted by molar-refractivity contribution is 6.61. The molecule has 1 amide bonds. The molecule has 2 bridgehead atoms. The van der Waals surface area contributed by atoms with Gasteiger partial charge in [-0.2, -0.15) is 0 Å². The number of hydrogen-bond acceptors (Lipinski definition) is 8. The van der Waals surface area contributed by atoms with Gasteiger partial charge >= 0.3 is 13.2 Å². The number of ether oxygens (including phenoxy) is 1. The lowest BCUT2D eigenvalue weighted by molar-refractivity contribution is -0.0922. The average molecular weight is 561 g/mol. The second kappa shape index (κ2) is 9.86. The molecule has 0 aromatic heterocycles. The van der Waals surface area contributed by atoms with Gasteiger partial charge in [-0.15, -0.1) is 0 Å². The Morgan fingerprint density at radius 1 is 0.881 bits per heavy atom. The van der Waals surface area contributed by atoms with Crippen LogP contribution in [-0.2, 0) is 20.5 Å². The standard InChI is InChI=1S/C32H24BNO8/c35-27-20-13-7-8-14-21(20)28(36)26-25(27)29(37)22-15-32(17-40-31(39)34-19-11-5-2-6-12-19)16-23(24(22)30(26)38)41-33(42-32)18-9-3-1-4-10-18/h1-14,23,37-38H,15-17H2,(H,34,39)/t23-,32-/m0/s1. The minimum absolute atomic E-state index is 0.0140. The molecule has 0 unspecified atom stereocenters. The second-order valence-corrected chi connectivity index (χ2v) is 10.7. The van der Waals surface area contributed by atoms with E-state index in [1.165, 1.54) is 12.1 Å². The zero-order chi connectivity index (χ0) is 29.0. The van der Waals surface area contributed by atoms with Crippen LogP contribution in [0.4, 0.5) is 10.5 Å². The molecule has 0 saturated carbocycles. The molecule has 0 spiro atoms. The van der Waals surface area contributed by atoms with Crippen LogP contribution in [0, 0.1) is 0 Å². The third-order valence-corrected chi connectivity index (χ3v) is 8.04. The third-order valence-electron chi connectivity index (χ3n) is 8.04. The van der Waals surface area contributed by atoms with Gasteiger partial charge in [-0.05, 0) is 17.6 Å². The number of ketones is 2. The number of phenolic OH excluding ortho intramolecular Hbond substituents is 2. The highest BCUT2D eigenvalue weighted by atomic mass is 16.6. The van der Waals surface area contributed by atoms with Crippen LogP contribution >= 0.6 is 0 Å². The molecule has 3 aliphatic rings. The van der Waals surface area contributed by atoms with Crippen molar-refractivity contribution in [2.45, 2.75) is 24.5 Å². The number of hydrogen-bond donors (Lipinski definition) is 3. The van der Waals surface area contributed by atoms with Crippen molar-refractivity contribution in [2.24, 2.45) is 0 Å². The van der Waals surface area contributed by atoms with Crippen molar-refractivity contribution < 1.29 is 38.6 Å². The van der Waals surface area contributed by atoms with Crippen molar-refractivity contribution in [3.63, 3.8) is 0 Å². The summed E-state index contributed by atoms with van der Waals surface area (Å²) in [7, 11) is -0.894. The Labute approximate surface area is 240 Å². The second-order valence-electron chi connectivity index (χ2n) is 10.7. The smallest absolute Gasteiger partial charge is 0.494 e. The molecule has 7 rings (SSSR count). The monoisotopic (exact) mass is 561 g/mol. The van der Waals surface area contributed by atoms with Crippen LogP contribution in [0.1, 0.15) is 55.5 Å². The SMILES string of the molecule is O=C(Nc1ccccc1)OC[C@]12Cc3c(O)c4c(c(O)c3[C@H](C1)OB(c1ccccc1)O2)C(=O)c1ccccc1C4=O. The zero-order valence-corrected chi connectivity index (χ0v) is 22.2. The van der Waals surface area contributed by atoms with Gasteiger partial charge in [0, 0.05) is 40.8 Å². The van der Waals surface area contributed by atoms with Gasteiger partial charge in [0.2, 0.25) is 0 Å². The summed E-state index contributed by atoms with van der Waals surface area (Å²) < 4.78 is 18.4. The largest absolute Gasteiger partial charge is 0.507 e. The fourth-order valence-electron chi connectivity index (χ4n) is 6.13. The Hall–Kier alpha value is -4.93. The van der Waals surface area contributed by atoms with Crippen LogP contribution in [0.15, 0.2) is 84.9 Å². The van der Waals surface area contributed by atoms with E-state index in [0.29, 0.717) is 11.2 Å². The number of para-hydroxylation sites is 1. The summed E-state index contributed by atoms with van der Waals surface area (Å²) in [6.45, 7) is -0.207. The molecular formula is C32H24BNO8. The van der Waals surface area contributed by atoms with E-state index >= 15 is 0 Å². The minimum atomic E-state index is -1.18. The van der Waals surface area contributed by atoms with E-state index in [4.69, 9.17) is 14.0 Å². The molecule has 1 heterocycles. The fourth-order valence-corrected chi connectivity index (χ4v) is 6.13. The Morgan fingerprint density at radius 3 is 2.14 bits per heavy atom. The van der Waals surface area contributed by atoms with E-state index in [2.05, 4.69) is 5.32 Å². The summed E-state index contributed by atoms with van der Waals surface area (Å²) in [5, 5.41) is 25.8. The number of rotatable bonds is 4. The Balaban J connectivity index is 1.30. The number of benzene rings is 4. The Kier molecular flexibility index (Phi) is 6.11. The first-order chi connectivity index (χ1) is 20.3. The molecule has 3 N–H and O–H groups in total. The number of phenols is 2. The lowest BCUT2D eigenvalue weighted by Gasteiger charge is -2.48.